The Morgan fingerprint density at radius 1 is 1.12 bits per heavy atom. The highest BCUT2D eigenvalue weighted by molar-refractivity contribution is 5.90. The summed E-state index contributed by atoms with van der Waals surface area (Å²) < 4.78 is 11.0. The monoisotopic (exact) mass is 437 g/mol. The van der Waals surface area contributed by atoms with Gasteiger partial charge in [0.2, 0.25) is 0 Å². The highest BCUT2D eigenvalue weighted by Gasteiger charge is 2.50. The smallest absolute Gasteiger partial charge is 0.319 e. The molecule has 2 N–H and O–H groups in total. The first-order valence-electron chi connectivity index (χ1n) is 11.6. The maximum absolute atomic E-state index is 12.8. The molecule has 0 bridgehead atoms. The molecule has 1 aliphatic heterocycles. The Kier molecular flexibility index (Phi) is 6.60. The number of ether oxygens (including phenoxy) is 2. The van der Waals surface area contributed by atoms with Crippen LogP contribution < -0.4 is 20.1 Å². The van der Waals surface area contributed by atoms with Gasteiger partial charge in [-0.3, -0.25) is 0 Å². The Morgan fingerprint density at radius 2 is 1.91 bits per heavy atom. The quantitative estimate of drug-likeness (QED) is 0.694. The molecule has 1 heterocycles. The molecule has 2 aliphatic rings. The lowest BCUT2D eigenvalue weighted by atomic mass is 9.65. The second-order valence-electron chi connectivity index (χ2n) is 9.05. The second-order valence-corrected chi connectivity index (χ2v) is 9.05. The van der Waals surface area contributed by atoms with Crippen LogP contribution >= 0.6 is 0 Å². The number of carbonyl (C=O) groups is 1. The third-order valence-corrected chi connectivity index (χ3v) is 7.47. The number of para-hydroxylation sites is 1. The number of methoxy groups -OCH3 is 2. The number of hydrogen-bond acceptors (Lipinski definition) is 4. The van der Waals surface area contributed by atoms with Crippen LogP contribution in [0.2, 0.25) is 0 Å². The average Bonchev–Trinajstić information content (AvgIpc) is 3.16. The van der Waals surface area contributed by atoms with Crippen LogP contribution in [0, 0.1) is 0 Å². The molecular weight excluding hydrogens is 402 g/mol. The van der Waals surface area contributed by atoms with Crippen molar-refractivity contribution in [2.75, 3.05) is 33.1 Å². The Labute approximate surface area is 191 Å². The number of fused-ring (bicyclic) bond motifs is 1. The zero-order chi connectivity index (χ0) is 22.7. The van der Waals surface area contributed by atoms with E-state index < -0.39 is 0 Å². The van der Waals surface area contributed by atoms with E-state index in [0.717, 1.165) is 61.4 Å². The van der Waals surface area contributed by atoms with Crippen molar-refractivity contribution in [3.8, 4) is 11.5 Å². The summed E-state index contributed by atoms with van der Waals surface area (Å²) in [4.78, 5) is 15.2. The number of aryl methyl sites for hydroxylation is 1. The van der Waals surface area contributed by atoms with Crippen molar-refractivity contribution in [3.63, 3.8) is 0 Å². The minimum absolute atomic E-state index is 0.0811. The van der Waals surface area contributed by atoms with Crippen LogP contribution in [0.25, 0.3) is 0 Å². The van der Waals surface area contributed by atoms with E-state index in [1.807, 2.05) is 24.3 Å². The number of nitrogens with zero attached hydrogens (tertiary/aromatic N) is 1. The van der Waals surface area contributed by atoms with Gasteiger partial charge in [-0.05, 0) is 75.0 Å². The van der Waals surface area contributed by atoms with Gasteiger partial charge < -0.3 is 25.0 Å². The number of urea groups is 1. The summed E-state index contributed by atoms with van der Waals surface area (Å²) in [6.45, 7) is 3.16. The van der Waals surface area contributed by atoms with Crippen LogP contribution in [0.3, 0.4) is 0 Å². The predicted octanol–water partition coefficient (Wildman–Crippen LogP) is 4.58. The van der Waals surface area contributed by atoms with Crippen molar-refractivity contribution in [2.45, 2.75) is 56.5 Å². The first-order valence-corrected chi connectivity index (χ1v) is 11.6. The number of benzene rings is 2. The molecule has 0 unspecified atom stereocenters. The van der Waals surface area contributed by atoms with Gasteiger partial charge in [0.05, 0.1) is 14.2 Å². The molecule has 172 valence electrons. The molecule has 2 fully saturated rings. The number of nitrogens with one attached hydrogen (secondary N) is 2. The third kappa shape index (κ3) is 4.16. The Balaban J connectivity index is 1.48. The Morgan fingerprint density at radius 3 is 2.66 bits per heavy atom. The number of carbonyl (C=O) groups excluding carboxylic acids is 1. The Hall–Kier alpha value is -2.73. The van der Waals surface area contributed by atoms with E-state index >= 15 is 0 Å². The maximum atomic E-state index is 12.8. The minimum atomic E-state index is -0.116. The summed E-state index contributed by atoms with van der Waals surface area (Å²) in [7, 11) is 5.56. The zero-order valence-corrected chi connectivity index (χ0v) is 19.6. The fourth-order valence-corrected chi connectivity index (χ4v) is 5.69. The highest BCUT2D eigenvalue weighted by atomic mass is 16.5. The number of likely N-dealkylation sites (N-methyl/N-ethyl adjacent to an activating group) is 1. The van der Waals surface area contributed by atoms with Crippen molar-refractivity contribution in [1.29, 1.82) is 0 Å². The van der Waals surface area contributed by atoms with Gasteiger partial charge in [0.15, 0.2) is 11.5 Å². The molecule has 0 spiro atoms. The molecule has 1 saturated carbocycles. The van der Waals surface area contributed by atoms with Crippen LogP contribution in [0.5, 0.6) is 11.5 Å². The Bertz CT molecular complexity index is 963. The van der Waals surface area contributed by atoms with E-state index in [1.54, 1.807) is 14.2 Å². The predicted molar refractivity (Wildman–Crippen MR) is 128 cm³/mol. The molecule has 3 atom stereocenters. The number of anilines is 1. The molecule has 4 rings (SSSR count). The number of rotatable bonds is 6. The largest absolute Gasteiger partial charge is 0.493 e. The number of hydrogen-bond donors (Lipinski definition) is 2. The molecular formula is C26H35N3O3. The molecule has 2 aromatic rings. The van der Waals surface area contributed by atoms with Gasteiger partial charge in [0.25, 0.3) is 0 Å². The van der Waals surface area contributed by atoms with Crippen molar-refractivity contribution in [3.05, 3.63) is 53.6 Å². The van der Waals surface area contributed by atoms with Gasteiger partial charge >= 0.3 is 6.03 Å². The van der Waals surface area contributed by atoms with Crippen molar-refractivity contribution in [1.82, 2.24) is 10.2 Å². The molecule has 32 heavy (non-hydrogen) atoms. The second kappa shape index (κ2) is 9.41. The lowest BCUT2D eigenvalue weighted by Crippen LogP contribution is -2.52. The normalized spacial score (nSPS) is 25.1. The highest BCUT2D eigenvalue weighted by Crippen LogP contribution is 2.49. The fraction of sp³-hybridized carbons (Fsp3) is 0.500. The zero-order valence-electron chi connectivity index (χ0n) is 19.6. The standard InChI is InChI=1S/C26H35N3O3/c1-5-18-8-6-7-9-21(18)28-25(30)27-20-12-13-26(14-15-29(2)24(26)17-20)19-10-11-22(31-3)23(16-19)32-4/h6-11,16,20,24H,5,12-15,17H2,1-4H3,(H2,27,28,30)/t20-,24+,26+/m1/s1. The molecule has 2 amide bonds. The SMILES string of the molecule is CCc1ccccc1NC(=O)N[C@@H]1CC[C@@]2(c3ccc(OC)c(OC)c3)CCN(C)[C@H]2C1. The van der Waals surface area contributed by atoms with E-state index in [9.17, 15) is 4.79 Å². The first-order chi connectivity index (χ1) is 15.5. The summed E-state index contributed by atoms with van der Waals surface area (Å²) in [6.07, 6.45) is 4.94. The van der Waals surface area contributed by atoms with Crippen LogP contribution in [0.1, 0.15) is 43.7 Å². The minimum Gasteiger partial charge on any atom is -0.493 e. The van der Waals surface area contributed by atoms with Gasteiger partial charge in [0, 0.05) is 23.2 Å². The maximum Gasteiger partial charge on any atom is 0.319 e. The summed E-state index contributed by atoms with van der Waals surface area (Å²) in [5.74, 6) is 1.54. The third-order valence-electron chi connectivity index (χ3n) is 7.47. The molecule has 1 saturated heterocycles. The first kappa shape index (κ1) is 22.5. The van der Waals surface area contributed by atoms with E-state index in [2.05, 4.69) is 47.7 Å². The molecule has 0 aromatic heterocycles. The summed E-state index contributed by atoms with van der Waals surface area (Å²) >= 11 is 0. The molecule has 6 heteroatoms. The van der Waals surface area contributed by atoms with Gasteiger partial charge in [0.1, 0.15) is 0 Å². The van der Waals surface area contributed by atoms with Crippen LogP contribution in [0.4, 0.5) is 10.5 Å². The van der Waals surface area contributed by atoms with E-state index in [4.69, 9.17) is 9.47 Å². The van der Waals surface area contributed by atoms with Crippen LogP contribution in [-0.2, 0) is 11.8 Å². The van der Waals surface area contributed by atoms with Crippen LogP contribution in [-0.4, -0.2) is 50.8 Å². The van der Waals surface area contributed by atoms with E-state index in [0.29, 0.717) is 6.04 Å². The van der Waals surface area contributed by atoms with Crippen molar-refractivity contribution >= 4 is 11.7 Å². The van der Waals surface area contributed by atoms with Gasteiger partial charge in [-0.25, -0.2) is 4.79 Å². The molecule has 1 aliphatic carbocycles. The molecule has 2 aromatic carbocycles. The van der Waals surface area contributed by atoms with Gasteiger partial charge in [-0.1, -0.05) is 31.2 Å². The fourth-order valence-electron chi connectivity index (χ4n) is 5.69. The van der Waals surface area contributed by atoms with E-state index in [1.165, 1.54) is 5.56 Å². The van der Waals surface area contributed by atoms with Gasteiger partial charge in [-0.15, -0.1) is 0 Å². The summed E-state index contributed by atoms with van der Waals surface area (Å²) in [6, 6.07) is 14.8. The number of amides is 2. The lowest BCUT2D eigenvalue weighted by molar-refractivity contribution is 0.156. The summed E-state index contributed by atoms with van der Waals surface area (Å²) in [5, 5.41) is 6.29. The number of likely N-dealkylation sites (tertiary alicyclic amines) is 1. The van der Waals surface area contributed by atoms with Gasteiger partial charge in [-0.2, -0.15) is 0 Å². The summed E-state index contributed by atoms with van der Waals surface area (Å²) in [5.41, 5.74) is 3.43. The van der Waals surface area contributed by atoms with Crippen molar-refractivity contribution in [2.24, 2.45) is 0 Å². The topological polar surface area (TPSA) is 62.8 Å². The molecule has 6 nitrogen and oxygen atoms in total. The molecule has 0 radical (unpaired) electrons. The average molecular weight is 438 g/mol. The van der Waals surface area contributed by atoms with E-state index in [-0.39, 0.29) is 17.5 Å². The van der Waals surface area contributed by atoms with Crippen LogP contribution in [0.15, 0.2) is 42.5 Å². The lowest BCUT2D eigenvalue weighted by Gasteiger charge is -2.45. The van der Waals surface area contributed by atoms with Crippen molar-refractivity contribution < 1.29 is 14.3 Å².